The van der Waals surface area contributed by atoms with Crippen LogP contribution in [0.25, 0.3) is 12.2 Å². The minimum absolute atomic E-state index is 1.06. The normalized spacial score (nSPS) is 13.8. The Morgan fingerprint density at radius 1 is 1.54 bits per heavy atom. The predicted molar refractivity (Wildman–Crippen MR) is 58.8 cm³/mol. The summed E-state index contributed by atoms with van der Waals surface area (Å²) in [6, 6.07) is 0. The lowest BCUT2D eigenvalue weighted by Crippen LogP contribution is -2.28. The van der Waals surface area contributed by atoms with E-state index in [4.69, 9.17) is 0 Å². The highest BCUT2D eigenvalue weighted by atomic mass is 14.9. The zero-order valence-electron chi connectivity index (χ0n) is 8.67. The second-order valence-corrected chi connectivity index (χ2v) is 3.24. The third kappa shape index (κ3) is 1.92. The van der Waals surface area contributed by atoms with Gasteiger partial charge >= 0.3 is 0 Å². The maximum Gasteiger partial charge on any atom is 0.0439 e. The molecular formula is C12H17N. The van der Waals surface area contributed by atoms with Crippen molar-refractivity contribution in [2.75, 3.05) is 0 Å². The Morgan fingerprint density at radius 2 is 2.23 bits per heavy atom. The Bertz CT molecular complexity index is 407. The average Bonchev–Trinajstić information content (AvgIpc) is 2.33. The van der Waals surface area contributed by atoms with Crippen LogP contribution in [0.4, 0.5) is 0 Å². The van der Waals surface area contributed by atoms with E-state index >= 15 is 0 Å². The molecule has 0 aliphatic carbocycles. The van der Waals surface area contributed by atoms with E-state index in [0.717, 1.165) is 6.42 Å². The summed E-state index contributed by atoms with van der Waals surface area (Å²) in [5.74, 6) is 0. The number of nitrogens with zero attached hydrogens (tertiary/aromatic N) is 1. The van der Waals surface area contributed by atoms with Gasteiger partial charge in [-0.15, -0.1) is 0 Å². The van der Waals surface area contributed by atoms with Crippen molar-refractivity contribution in [3.05, 3.63) is 35.0 Å². The molecule has 13 heavy (non-hydrogen) atoms. The predicted octanol–water partition coefficient (Wildman–Crippen LogP) is 1.49. The average molecular weight is 175 g/mol. The first-order chi connectivity index (χ1) is 6.20. The summed E-state index contributed by atoms with van der Waals surface area (Å²) >= 11 is 0. The summed E-state index contributed by atoms with van der Waals surface area (Å²) in [6.45, 7) is 8.01. The van der Waals surface area contributed by atoms with Crippen LogP contribution in [0, 0.1) is 6.92 Å². The molecule has 0 atom stereocenters. The standard InChI is InChI=1S/C12H17N/c1-5-7-11-10(3)9-13(4)12(11)8-6-2/h5,7-9H,1,6H2,2-4H3/b11-7-,12-8+. The number of rotatable bonds is 2. The molecule has 0 aliphatic heterocycles. The Labute approximate surface area is 79.7 Å². The fourth-order valence-electron chi connectivity index (χ4n) is 1.60. The van der Waals surface area contributed by atoms with Gasteiger partial charge in [0.05, 0.1) is 0 Å². The second-order valence-electron chi connectivity index (χ2n) is 3.24. The van der Waals surface area contributed by atoms with Crippen LogP contribution in [0.15, 0.2) is 18.9 Å². The molecule has 0 N–H and O–H groups in total. The second kappa shape index (κ2) is 4.13. The fraction of sp³-hybridized carbons (Fsp3) is 0.333. The van der Waals surface area contributed by atoms with Gasteiger partial charge in [-0.2, -0.15) is 0 Å². The van der Waals surface area contributed by atoms with Crippen molar-refractivity contribution in [3.63, 3.8) is 0 Å². The van der Waals surface area contributed by atoms with Gasteiger partial charge in [-0.05, 0) is 18.9 Å². The van der Waals surface area contributed by atoms with Crippen molar-refractivity contribution in [2.24, 2.45) is 7.05 Å². The first-order valence-corrected chi connectivity index (χ1v) is 4.65. The molecule has 0 fully saturated rings. The van der Waals surface area contributed by atoms with Gasteiger partial charge in [-0.25, -0.2) is 0 Å². The van der Waals surface area contributed by atoms with E-state index in [1.807, 2.05) is 6.08 Å². The van der Waals surface area contributed by atoms with E-state index < -0.39 is 0 Å². The molecule has 0 amide bonds. The highest BCUT2D eigenvalue weighted by Crippen LogP contribution is 1.85. The van der Waals surface area contributed by atoms with E-state index in [-0.39, 0.29) is 0 Å². The van der Waals surface area contributed by atoms with Crippen molar-refractivity contribution in [3.8, 4) is 0 Å². The first kappa shape index (κ1) is 9.85. The topological polar surface area (TPSA) is 4.93 Å². The van der Waals surface area contributed by atoms with Crippen molar-refractivity contribution in [2.45, 2.75) is 20.3 Å². The van der Waals surface area contributed by atoms with Gasteiger partial charge in [-0.1, -0.05) is 31.7 Å². The smallest absolute Gasteiger partial charge is 0.0439 e. The summed E-state index contributed by atoms with van der Waals surface area (Å²) in [5, 5.41) is 2.58. The summed E-state index contributed by atoms with van der Waals surface area (Å²) in [7, 11) is 2.08. The van der Waals surface area contributed by atoms with Gasteiger partial charge in [0.15, 0.2) is 0 Å². The molecule has 0 radical (unpaired) electrons. The minimum atomic E-state index is 1.06. The molecule has 0 aromatic carbocycles. The Balaban J connectivity index is 3.57. The molecule has 1 aromatic heterocycles. The van der Waals surface area contributed by atoms with Crippen molar-refractivity contribution in [1.82, 2.24) is 4.57 Å². The molecule has 0 unspecified atom stereocenters. The molecule has 0 saturated heterocycles. The SMILES string of the molecule is C=C/C=c1/c(C)cn(C)/c1=C/CC. The van der Waals surface area contributed by atoms with Crippen LogP contribution < -0.4 is 10.6 Å². The third-order valence-corrected chi connectivity index (χ3v) is 2.15. The molecule has 1 aromatic rings. The molecule has 1 nitrogen and oxygen atoms in total. The summed E-state index contributed by atoms with van der Waals surface area (Å²) < 4.78 is 2.16. The lowest BCUT2D eigenvalue weighted by atomic mass is 10.2. The van der Waals surface area contributed by atoms with Gasteiger partial charge < -0.3 is 4.57 Å². The zero-order valence-corrected chi connectivity index (χ0v) is 8.67. The number of allylic oxidation sites excluding steroid dienone is 1. The van der Waals surface area contributed by atoms with E-state index in [9.17, 15) is 0 Å². The van der Waals surface area contributed by atoms with Crippen molar-refractivity contribution < 1.29 is 0 Å². The van der Waals surface area contributed by atoms with Crippen LogP contribution in [-0.2, 0) is 7.05 Å². The maximum atomic E-state index is 3.73. The van der Waals surface area contributed by atoms with Crippen molar-refractivity contribution in [1.29, 1.82) is 0 Å². The lowest BCUT2D eigenvalue weighted by molar-refractivity contribution is 0.883. The quantitative estimate of drug-likeness (QED) is 0.642. The molecular weight excluding hydrogens is 158 g/mol. The highest BCUT2D eigenvalue weighted by Gasteiger charge is 1.95. The van der Waals surface area contributed by atoms with Crippen LogP contribution in [0.3, 0.4) is 0 Å². The summed E-state index contributed by atoms with van der Waals surface area (Å²) in [4.78, 5) is 0. The first-order valence-electron chi connectivity index (χ1n) is 4.65. The minimum Gasteiger partial charge on any atom is -0.351 e. The maximum absolute atomic E-state index is 3.73. The largest absolute Gasteiger partial charge is 0.351 e. The molecule has 1 rings (SSSR count). The van der Waals surface area contributed by atoms with Gasteiger partial charge in [0, 0.05) is 23.8 Å². The van der Waals surface area contributed by atoms with E-state index in [1.54, 1.807) is 0 Å². The van der Waals surface area contributed by atoms with Crippen LogP contribution in [-0.4, -0.2) is 4.57 Å². The van der Waals surface area contributed by atoms with Crippen LogP contribution >= 0.6 is 0 Å². The number of aromatic nitrogens is 1. The summed E-state index contributed by atoms with van der Waals surface area (Å²) in [5.41, 5.74) is 1.31. The van der Waals surface area contributed by atoms with E-state index in [0.29, 0.717) is 0 Å². The molecule has 0 spiro atoms. The van der Waals surface area contributed by atoms with Crippen LogP contribution in [0.2, 0.25) is 0 Å². The Morgan fingerprint density at radius 3 is 2.77 bits per heavy atom. The number of hydrogen-bond donors (Lipinski definition) is 0. The molecule has 70 valence electrons. The monoisotopic (exact) mass is 175 g/mol. The summed E-state index contributed by atoms with van der Waals surface area (Å²) in [6.07, 6.45) is 9.36. The Kier molecular flexibility index (Phi) is 3.13. The van der Waals surface area contributed by atoms with Crippen LogP contribution in [0.5, 0.6) is 0 Å². The van der Waals surface area contributed by atoms with Crippen molar-refractivity contribution >= 4 is 12.2 Å². The van der Waals surface area contributed by atoms with E-state index in [2.05, 4.69) is 50.4 Å². The zero-order chi connectivity index (χ0) is 9.84. The van der Waals surface area contributed by atoms with Crippen LogP contribution in [0.1, 0.15) is 18.9 Å². The molecule has 0 aliphatic rings. The van der Waals surface area contributed by atoms with Gasteiger partial charge in [0.25, 0.3) is 0 Å². The molecule has 1 heterocycles. The third-order valence-electron chi connectivity index (χ3n) is 2.15. The number of hydrogen-bond acceptors (Lipinski definition) is 0. The highest BCUT2D eigenvalue weighted by molar-refractivity contribution is 5.40. The number of aryl methyl sites for hydroxylation is 2. The van der Waals surface area contributed by atoms with E-state index in [1.165, 1.54) is 16.1 Å². The van der Waals surface area contributed by atoms with Gasteiger partial charge in [0.1, 0.15) is 0 Å². The van der Waals surface area contributed by atoms with Gasteiger partial charge in [-0.3, -0.25) is 0 Å². The molecule has 1 heteroatoms. The lowest BCUT2D eigenvalue weighted by Gasteiger charge is -1.89. The molecule has 0 saturated carbocycles. The fourth-order valence-corrected chi connectivity index (χ4v) is 1.60. The Hall–Kier alpha value is -1.24. The molecule has 0 bridgehead atoms. The van der Waals surface area contributed by atoms with Gasteiger partial charge in [0.2, 0.25) is 0 Å².